The van der Waals surface area contributed by atoms with Crippen LogP contribution in [0.25, 0.3) is 0 Å². The molecule has 1 aromatic rings. The van der Waals surface area contributed by atoms with Crippen LogP contribution in [0.5, 0.6) is 0 Å². The van der Waals surface area contributed by atoms with E-state index in [9.17, 15) is 0 Å². The van der Waals surface area contributed by atoms with Gasteiger partial charge < -0.3 is 5.32 Å². The summed E-state index contributed by atoms with van der Waals surface area (Å²) in [5.41, 5.74) is 1.18. The average molecular weight is 263 g/mol. The van der Waals surface area contributed by atoms with Gasteiger partial charge in [0.05, 0.1) is 11.7 Å². The molecular weight excluding hydrogens is 234 g/mol. The van der Waals surface area contributed by atoms with Crippen molar-refractivity contribution in [3.8, 4) is 0 Å². The minimum absolute atomic E-state index is 0.582. The second kappa shape index (κ2) is 7.09. The predicted molar refractivity (Wildman–Crippen MR) is 80.1 cm³/mol. The Hall–Kier alpha value is -0.830. The fourth-order valence-electron chi connectivity index (χ4n) is 2.81. The lowest BCUT2D eigenvalue weighted by Crippen LogP contribution is -2.26. The Kier molecular flexibility index (Phi) is 5.44. The lowest BCUT2D eigenvalue weighted by atomic mass is 10.0. The molecule has 1 N–H and O–H groups in total. The van der Waals surface area contributed by atoms with E-state index in [2.05, 4.69) is 43.0 Å². The van der Waals surface area contributed by atoms with E-state index in [0.29, 0.717) is 12.1 Å². The highest BCUT2D eigenvalue weighted by Gasteiger charge is 2.17. The normalized spacial score (nSPS) is 18.3. The van der Waals surface area contributed by atoms with Gasteiger partial charge in [0.25, 0.3) is 0 Å². The molecule has 3 heteroatoms. The molecule has 0 amide bonds. The van der Waals surface area contributed by atoms with E-state index in [-0.39, 0.29) is 0 Å². The number of nitrogens with one attached hydrogen (secondary N) is 1. The Labute approximate surface area is 117 Å². The zero-order valence-electron chi connectivity index (χ0n) is 12.7. The largest absolute Gasteiger partial charge is 0.309 e. The second-order valence-corrected chi connectivity index (χ2v) is 6.48. The van der Waals surface area contributed by atoms with Crippen molar-refractivity contribution in [2.24, 2.45) is 5.92 Å². The fraction of sp³-hybridized carbons (Fsp3) is 0.812. The summed E-state index contributed by atoms with van der Waals surface area (Å²) >= 11 is 0. The van der Waals surface area contributed by atoms with Gasteiger partial charge in [0.2, 0.25) is 0 Å². The minimum atomic E-state index is 0.582. The summed E-state index contributed by atoms with van der Waals surface area (Å²) < 4.78 is 2.18. The van der Waals surface area contributed by atoms with Crippen LogP contribution in [-0.2, 0) is 6.54 Å². The molecule has 0 saturated heterocycles. The van der Waals surface area contributed by atoms with E-state index < -0.39 is 0 Å². The van der Waals surface area contributed by atoms with Crippen molar-refractivity contribution in [3.63, 3.8) is 0 Å². The third-order valence-corrected chi connectivity index (χ3v) is 4.17. The number of hydrogen-bond donors (Lipinski definition) is 1. The summed E-state index contributed by atoms with van der Waals surface area (Å²) in [4.78, 5) is 0. The van der Waals surface area contributed by atoms with Gasteiger partial charge in [0.15, 0.2) is 0 Å². The Morgan fingerprint density at radius 3 is 2.68 bits per heavy atom. The third-order valence-electron chi connectivity index (χ3n) is 4.17. The highest BCUT2D eigenvalue weighted by Crippen LogP contribution is 2.28. The zero-order valence-corrected chi connectivity index (χ0v) is 12.7. The molecule has 108 valence electrons. The molecule has 1 unspecified atom stereocenters. The van der Waals surface area contributed by atoms with Crippen LogP contribution in [0.1, 0.15) is 71.0 Å². The van der Waals surface area contributed by atoms with Crippen molar-refractivity contribution >= 4 is 0 Å². The summed E-state index contributed by atoms with van der Waals surface area (Å²) in [6, 6.07) is 3.41. The monoisotopic (exact) mass is 263 g/mol. The highest BCUT2D eigenvalue weighted by atomic mass is 15.3. The molecule has 19 heavy (non-hydrogen) atoms. The van der Waals surface area contributed by atoms with Crippen molar-refractivity contribution in [1.82, 2.24) is 15.1 Å². The average Bonchev–Trinajstić information content (AvgIpc) is 3.03. The van der Waals surface area contributed by atoms with Crippen LogP contribution in [0, 0.1) is 5.92 Å². The fourth-order valence-corrected chi connectivity index (χ4v) is 2.81. The second-order valence-electron chi connectivity index (χ2n) is 6.48. The summed E-state index contributed by atoms with van der Waals surface area (Å²) in [5.74, 6) is 0.797. The summed E-state index contributed by atoms with van der Waals surface area (Å²) in [5, 5.41) is 8.30. The van der Waals surface area contributed by atoms with E-state index >= 15 is 0 Å². The molecule has 1 atom stereocenters. The molecule has 0 aromatic carbocycles. The van der Waals surface area contributed by atoms with Gasteiger partial charge in [-0.2, -0.15) is 5.10 Å². The molecule has 3 nitrogen and oxygen atoms in total. The molecule has 0 spiro atoms. The zero-order chi connectivity index (χ0) is 13.7. The lowest BCUT2D eigenvalue weighted by molar-refractivity contribution is 0.438. The van der Waals surface area contributed by atoms with E-state index in [1.54, 1.807) is 0 Å². The smallest absolute Gasteiger partial charge is 0.0762 e. The predicted octanol–water partition coefficient (Wildman–Crippen LogP) is 3.91. The van der Waals surface area contributed by atoms with Crippen molar-refractivity contribution < 1.29 is 0 Å². The Balaban J connectivity index is 1.73. The van der Waals surface area contributed by atoms with Gasteiger partial charge >= 0.3 is 0 Å². The molecule has 2 rings (SSSR count). The quantitative estimate of drug-likeness (QED) is 0.808. The van der Waals surface area contributed by atoms with E-state index in [1.807, 2.05) is 0 Å². The van der Waals surface area contributed by atoms with Crippen molar-refractivity contribution in [2.45, 2.75) is 77.9 Å². The molecule has 1 aromatic heterocycles. The molecular formula is C16H29N3. The standard InChI is InChI=1S/C16H29N3/c1-13(2)8-9-14(3)17-12-15-10-11-19(18-15)16-6-4-5-7-16/h10-11,13-14,16-17H,4-9,12H2,1-3H3. The SMILES string of the molecule is CC(C)CCC(C)NCc1ccn(C2CCCC2)n1. The van der Waals surface area contributed by atoms with Crippen LogP contribution in [0.2, 0.25) is 0 Å². The molecule has 0 radical (unpaired) electrons. The molecule has 1 fully saturated rings. The minimum Gasteiger partial charge on any atom is -0.309 e. The van der Waals surface area contributed by atoms with Gasteiger partial charge in [0, 0.05) is 18.8 Å². The topological polar surface area (TPSA) is 29.9 Å². The molecule has 1 heterocycles. The first-order valence-corrected chi connectivity index (χ1v) is 7.92. The Bertz CT molecular complexity index is 364. The van der Waals surface area contributed by atoms with Crippen LogP contribution in [0.15, 0.2) is 12.3 Å². The van der Waals surface area contributed by atoms with Crippen LogP contribution < -0.4 is 5.32 Å². The van der Waals surface area contributed by atoms with Crippen molar-refractivity contribution in [2.75, 3.05) is 0 Å². The maximum absolute atomic E-state index is 4.71. The van der Waals surface area contributed by atoms with Crippen LogP contribution in [0.4, 0.5) is 0 Å². The lowest BCUT2D eigenvalue weighted by Gasteiger charge is -2.14. The number of hydrogen-bond acceptors (Lipinski definition) is 2. The van der Waals surface area contributed by atoms with Crippen molar-refractivity contribution in [1.29, 1.82) is 0 Å². The van der Waals surface area contributed by atoms with Gasteiger partial charge in [-0.1, -0.05) is 26.7 Å². The molecule has 1 aliphatic rings. The molecule has 0 aliphatic heterocycles. The molecule has 1 aliphatic carbocycles. The van der Waals surface area contributed by atoms with Gasteiger partial charge in [-0.3, -0.25) is 4.68 Å². The molecule has 0 bridgehead atoms. The molecule has 1 saturated carbocycles. The maximum atomic E-state index is 4.71. The van der Waals surface area contributed by atoms with E-state index in [4.69, 9.17) is 5.10 Å². The van der Waals surface area contributed by atoms with Gasteiger partial charge in [-0.25, -0.2) is 0 Å². The van der Waals surface area contributed by atoms with Gasteiger partial charge in [-0.05, 0) is 44.6 Å². The Morgan fingerprint density at radius 2 is 2.00 bits per heavy atom. The number of rotatable bonds is 7. The van der Waals surface area contributed by atoms with E-state index in [0.717, 1.165) is 12.5 Å². The third kappa shape index (κ3) is 4.64. The van der Waals surface area contributed by atoms with Crippen molar-refractivity contribution in [3.05, 3.63) is 18.0 Å². The first kappa shape index (κ1) is 14.6. The van der Waals surface area contributed by atoms with E-state index in [1.165, 1.54) is 44.2 Å². The Morgan fingerprint density at radius 1 is 1.26 bits per heavy atom. The van der Waals surface area contributed by atoms with Crippen LogP contribution >= 0.6 is 0 Å². The summed E-state index contributed by atoms with van der Waals surface area (Å²) in [6.07, 6.45) is 10.0. The highest BCUT2D eigenvalue weighted by molar-refractivity contribution is 5.00. The number of nitrogens with zero attached hydrogens (tertiary/aromatic N) is 2. The number of aromatic nitrogens is 2. The first-order valence-electron chi connectivity index (χ1n) is 7.92. The summed E-state index contributed by atoms with van der Waals surface area (Å²) in [6.45, 7) is 7.75. The summed E-state index contributed by atoms with van der Waals surface area (Å²) in [7, 11) is 0. The van der Waals surface area contributed by atoms with Gasteiger partial charge in [-0.15, -0.1) is 0 Å². The maximum Gasteiger partial charge on any atom is 0.0762 e. The van der Waals surface area contributed by atoms with Crippen LogP contribution in [0.3, 0.4) is 0 Å². The first-order chi connectivity index (χ1) is 9.15. The van der Waals surface area contributed by atoms with Crippen LogP contribution in [-0.4, -0.2) is 15.8 Å². The van der Waals surface area contributed by atoms with Gasteiger partial charge in [0.1, 0.15) is 0 Å².